The van der Waals surface area contributed by atoms with Gasteiger partial charge >= 0.3 is 17.9 Å². The van der Waals surface area contributed by atoms with Gasteiger partial charge in [-0.05, 0) is 36.8 Å². The van der Waals surface area contributed by atoms with E-state index in [4.69, 9.17) is 35.4 Å². The molecule has 2 aromatic rings. The van der Waals surface area contributed by atoms with E-state index >= 15 is 0 Å². The van der Waals surface area contributed by atoms with Crippen LogP contribution in [0.4, 0.5) is 0 Å². The predicted octanol–water partition coefficient (Wildman–Crippen LogP) is 0.986. The molecule has 0 bridgehead atoms. The number of carbonyl (C=O) groups is 3. The first-order valence-corrected chi connectivity index (χ1v) is 7.37. The second-order valence-corrected chi connectivity index (χ2v) is 5.61. The third-order valence-electron chi connectivity index (χ3n) is 3.37. The third kappa shape index (κ3) is 5.64. The summed E-state index contributed by atoms with van der Waals surface area (Å²) in [6.07, 6.45) is 4.08. The molecule has 0 aliphatic heterocycles. The number of rotatable bonds is 5. The van der Waals surface area contributed by atoms with Crippen LogP contribution in [0.15, 0.2) is 42.7 Å². The number of benzene rings is 1. The molecule has 1 aromatic heterocycles. The maximum atomic E-state index is 11.1. The van der Waals surface area contributed by atoms with Gasteiger partial charge in [0.15, 0.2) is 0 Å². The zero-order valence-corrected chi connectivity index (χ0v) is 14.2. The third-order valence-corrected chi connectivity index (χ3v) is 3.37. The van der Waals surface area contributed by atoms with Gasteiger partial charge in [-0.15, -0.1) is 0 Å². The van der Waals surface area contributed by atoms with Crippen molar-refractivity contribution < 1.29 is 34.4 Å². The molecular weight excluding hydrogens is 344 g/mol. The summed E-state index contributed by atoms with van der Waals surface area (Å²) in [4.78, 5) is 29.3. The molecule has 0 aliphatic carbocycles. The van der Waals surface area contributed by atoms with Crippen LogP contribution in [-0.4, -0.2) is 50.4 Å². The average molecular weight is 364 g/mol. The molecule has 0 radical (unpaired) electrons. The molecule has 26 heavy (non-hydrogen) atoms. The van der Waals surface area contributed by atoms with E-state index in [1.54, 1.807) is 7.11 Å². The minimum Gasteiger partial charge on any atom is -0.495 e. The minimum absolute atomic E-state index is 0.241. The van der Waals surface area contributed by atoms with Gasteiger partial charge in [0.25, 0.3) is 0 Å². The summed E-state index contributed by atoms with van der Waals surface area (Å²) in [7, 11) is 1.59. The molecule has 5 N–H and O–H groups in total. The normalized spacial score (nSPS) is 12.3. The second-order valence-electron chi connectivity index (χ2n) is 5.61. The number of hydrogen-bond acceptors (Lipinski definition) is 5. The van der Waals surface area contributed by atoms with Gasteiger partial charge < -0.3 is 30.4 Å². The van der Waals surface area contributed by atoms with Crippen LogP contribution in [0.25, 0.3) is 5.69 Å². The fourth-order valence-corrected chi connectivity index (χ4v) is 2.04. The number of methoxy groups -OCH3 is 1. The Balaban J connectivity index is 0.000000487. The Morgan fingerprint density at radius 1 is 1.12 bits per heavy atom. The van der Waals surface area contributed by atoms with Crippen molar-refractivity contribution in [1.29, 1.82) is 0 Å². The van der Waals surface area contributed by atoms with E-state index in [9.17, 15) is 4.79 Å². The van der Waals surface area contributed by atoms with Gasteiger partial charge in [-0.2, -0.15) is 0 Å². The Hall–Kier alpha value is -3.33. The molecule has 0 amide bonds. The highest BCUT2D eigenvalue weighted by Crippen LogP contribution is 2.26. The molecule has 0 unspecified atom stereocenters. The van der Waals surface area contributed by atoms with E-state index in [1.807, 2.05) is 47.3 Å². The standard InChI is InChI=1S/C15H18N2O3.C2H2O4/c1-15(16,14(18)19)10-11-5-6-12(13(9-11)20-2)17-7-3-4-8-17;3-1(4)2(5)6/h3-9H,10,16H2,1-2H3,(H,18,19);(H,3,4)(H,5,6)/t15-;/m1./s1. The molecule has 1 heterocycles. The van der Waals surface area contributed by atoms with Gasteiger partial charge in [0, 0.05) is 18.8 Å². The van der Waals surface area contributed by atoms with Crippen molar-refractivity contribution in [2.45, 2.75) is 18.9 Å². The van der Waals surface area contributed by atoms with Crippen molar-refractivity contribution in [3.05, 3.63) is 48.3 Å². The number of carboxylic acids is 3. The van der Waals surface area contributed by atoms with Crippen molar-refractivity contribution >= 4 is 17.9 Å². The van der Waals surface area contributed by atoms with E-state index in [0.717, 1.165) is 11.3 Å². The molecule has 9 heteroatoms. The summed E-state index contributed by atoms with van der Waals surface area (Å²) < 4.78 is 7.31. The quantitative estimate of drug-likeness (QED) is 0.573. The lowest BCUT2D eigenvalue weighted by molar-refractivity contribution is -0.159. The van der Waals surface area contributed by atoms with E-state index in [-0.39, 0.29) is 6.42 Å². The minimum atomic E-state index is -1.82. The lowest BCUT2D eigenvalue weighted by atomic mass is 9.94. The Bertz CT molecular complexity index is 770. The number of nitrogens with two attached hydrogens (primary N) is 1. The topological polar surface area (TPSA) is 152 Å². The molecular formula is C17H20N2O7. The first kappa shape index (κ1) is 20.7. The predicted molar refractivity (Wildman–Crippen MR) is 91.5 cm³/mol. The zero-order valence-electron chi connectivity index (χ0n) is 14.2. The lowest BCUT2D eigenvalue weighted by Gasteiger charge is -2.20. The van der Waals surface area contributed by atoms with E-state index in [1.165, 1.54) is 6.92 Å². The highest BCUT2D eigenvalue weighted by Gasteiger charge is 2.28. The molecule has 0 saturated carbocycles. The van der Waals surface area contributed by atoms with Gasteiger partial charge in [0.1, 0.15) is 11.3 Å². The number of hydrogen-bond donors (Lipinski definition) is 4. The van der Waals surface area contributed by atoms with Crippen molar-refractivity contribution in [1.82, 2.24) is 4.57 Å². The molecule has 1 atom stereocenters. The van der Waals surface area contributed by atoms with Crippen LogP contribution in [0.2, 0.25) is 0 Å². The fourth-order valence-electron chi connectivity index (χ4n) is 2.04. The van der Waals surface area contributed by atoms with E-state index in [0.29, 0.717) is 5.75 Å². The number of nitrogens with zero attached hydrogens (tertiary/aromatic N) is 1. The van der Waals surface area contributed by atoms with Crippen molar-refractivity contribution in [2.24, 2.45) is 5.73 Å². The molecule has 9 nitrogen and oxygen atoms in total. The summed E-state index contributed by atoms with van der Waals surface area (Å²) >= 11 is 0. The van der Waals surface area contributed by atoms with Gasteiger partial charge in [0.2, 0.25) is 0 Å². The first-order valence-electron chi connectivity index (χ1n) is 7.37. The Morgan fingerprint density at radius 2 is 1.65 bits per heavy atom. The van der Waals surface area contributed by atoms with Crippen molar-refractivity contribution in [3.63, 3.8) is 0 Å². The van der Waals surface area contributed by atoms with Crippen LogP contribution in [0.3, 0.4) is 0 Å². The van der Waals surface area contributed by atoms with Gasteiger partial charge in [-0.25, -0.2) is 9.59 Å². The molecule has 1 aromatic carbocycles. The zero-order chi connectivity index (χ0) is 19.9. The van der Waals surface area contributed by atoms with Gasteiger partial charge in [-0.3, -0.25) is 4.79 Å². The maximum absolute atomic E-state index is 11.1. The monoisotopic (exact) mass is 364 g/mol. The smallest absolute Gasteiger partial charge is 0.414 e. The summed E-state index contributed by atoms with van der Waals surface area (Å²) in [6, 6.07) is 9.44. The van der Waals surface area contributed by atoms with Crippen LogP contribution >= 0.6 is 0 Å². The number of carboxylic acid groups (broad SMARTS) is 3. The van der Waals surface area contributed by atoms with Crippen LogP contribution in [0.1, 0.15) is 12.5 Å². The summed E-state index contributed by atoms with van der Waals surface area (Å²) in [5.74, 6) is -3.99. The van der Waals surface area contributed by atoms with Gasteiger partial charge in [-0.1, -0.05) is 6.07 Å². The highest BCUT2D eigenvalue weighted by molar-refractivity contribution is 6.27. The fraction of sp³-hybridized carbons (Fsp3) is 0.235. The van der Waals surface area contributed by atoms with Crippen LogP contribution < -0.4 is 10.5 Å². The van der Waals surface area contributed by atoms with E-state index < -0.39 is 23.4 Å². The largest absolute Gasteiger partial charge is 0.495 e. The number of aromatic nitrogens is 1. The lowest BCUT2D eigenvalue weighted by Crippen LogP contribution is -2.46. The molecule has 0 spiro atoms. The van der Waals surface area contributed by atoms with E-state index in [2.05, 4.69) is 0 Å². The summed E-state index contributed by atoms with van der Waals surface area (Å²) in [5, 5.41) is 23.9. The van der Waals surface area contributed by atoms with Gasteiger partial charge in [0.05, 0.1) is 12.8 Å². The van der Waals surface area contributed by atoms with Crippen LogP contribution in [-0.2, 0) is 20.8 Å². The second kappa shape index (κ2) is 8.67. The number of aliphatic carboxylic acids is 3. The Labute approximate surface area is 149 Å². The van der Waals surface area contributed by atoms with Crippen molar-refractivity contribution in [3.8, 4) is 11.4 Å². The molecule has 0 saturated heterocycles. The molecule has 2 rings (SSSR count). The average Bonchev–Trinajstić information content (AvgIpc) is 3.09. The Morgan fingerprint density at radius 3 is 2.08 bits per heavy atom. The maximum Gasteiger partial charge on any atom is 0.414 e. The molecule has 0 fully saturated rings. The van der Waals surface area contributed by atoms with Crippen molar-refractivity contribution in [2.75, 3.05) is 7.11 Å². The number of ether oxygens (including phenoxy) is 1. The van der Waals surface area contributed by atoms with Crippen LogP contribution in [0.5, 0.6) is 5.75 Å². The Kier molecular flexibility index (Phi) is 6.91. The molecule has 140 valence electrons. The summed E-state index contributed by atoms with van der Waals surface area (Å²) in [6.45, 7) is 1.50. The summed E-state index contributed by atoms with van der Waals surface area (Å²) in [5.41, 5.74) is 6.20. The highest BCUT2D eigenvalue weighted by atomic mass is 16.5. The van der Waals surface area contributed by atoms with Crippen LogP contribution in [0, 0.1) is 0 Å². The SMILES string of the molecule is COc1cc(C[C@@](C)(N)C(=O)O)ccc1-n1cccc1.O=C(O)C(=O)O. The molecule has 0 aliphatic rings. The first-order chi connectivity index (χ1) is 12.1.